The quantitative estimate of drug-likeness (QED) is 0.606. The van der Waals surface area contributed by atoms with Gasteiger partial charge in [-0.25, -0.2) is 4.79 Å². The summed E-state index contributed by atoms with van der Waals surface area (Å²) >= 11 is 0. The number of ether oxygens (including phenoxy) is 1. The summed E-state index contributed by atoms with van der Waals surface area (Å²) < 4.78 is 6.11. The first-order valence-corrected chi connectivity index (χ1v) is 9.07. The van der Waals surface area contributed by atoms with Crippen molar-refractivity contribution in [2.75, 3.05) is 32.7 Å². The van der Waals surface area contributed by atoms with Gasteiger partial charge in [0.15, 0.2) is 0 Å². The molecule has 3 N–H and O–H groups in total. The molecular formula is C19H25N5O4. The Balaban J connectivity index is 1.83. The smallest absolute Gasteiger partial charge is 0.331 e. The molecule has 0 radical (unpaired) electrons. The predicted molar refractivity (Wildman–Crippen MR) is 107 cm³/mol. The van der Waals surface area contributed by atoms with E-state index >= 15 is 0 Å². The lowest BCUT2D eigenvalue weighted by Gasteiger charge is -2.15. The zero-order valence-corrected chi connectivity index (χ0v) is 16.2. The van der Waals surface area contributed by atoms with Crippen LogP contribution in [0, 0.1) is 0 Å². The largest absolute Gasteiger partial charge is 0.494 e. The number of benzene rings is 1. The lowest BCUT2D eigenvalue weighted by molar-refractivity contribution is 0.188. The molecule has 0 amide bonds. The van der Waals surface area contributed by atoms with E-state index in [2.05, 4.69) is 15.5 Å². The highest BCUT2D eigenvalue weighted by Gasteiger charge is 2.27. The van der Waals surface area contributed by atoms with Crippen LogP contribution >= 0.6 is 0 Å². The number of aromatic amines is 1. The summed E-state index contributed by atoms with van der Waals surface area (Å²) in [5.41, 5.74) is 4.27. The van der Waals surface area contributed by atoms with Gasteiger partial charge in [0.1, 0.15) is 5.56 Å². The molecule has 1 atom stereocenters. The first kappa shape index (κ1) is 19.7. The molecule has 1 aromatic carbocycles. The Morgan fingerprint density at radius 3 is 2.64 bits per heavy atom. The van der Waals surface area contributed by atoms with Gasteiger partial charge in [-0.15, -0.1) is 0 Å². The number of anilines is 1. The molecule has 0 spiro atoms. The van der Waals surface area contributed by atoms with Crippen molar-refractivity contribution in [2.45, 2.75) is 25.4 Å². The summed E-state index contributed by atoms with van der Waals surface area (Å²) in [5, 5.41) is 14.8. The van der Waals surface area contributed by atoms with Gasteiger partial charge in [-0.3, -0.25) is 14.3 Å². The first-order chi connectivity index (χ1) is 13.4. The van der Waals surface area contributed by atoms with E-state index in [1.165, 1.54) is 0 Å². The van der Waals surface area contributed by atoms with Crippen LogP contribution in [0.5, 0.6) is 5.88 Å². The van der Waals surface area contributed by atoms with Crippen molar-refractivity contribution in [1.82, 2.24) is 15.0 Å². The molecule has 1 aliphatic rings. The first-order valence-electron chi connectivity index (χ1n) is 9.07. The van der Waals surface area contributed by atoms with Crippen molar-refractivity contribution in [1.29, 1.82) is 0 Å². The fourth-order valence-corrected chi connectivity index (χ4v) is 3.19. The molecule has 9 heteroatoms. The third-order valence-electron chi connectivity index (χ3n) is 4.76. The second kappa shape index (κ2) is 8.30. The Labute approximate surface area is 162 Å². The molecule has 2 heterocycles. The highest BCUT2D eigenvalue weighted by Crippen LogP contribution is 2.27. The van der Waals surface area contributed by atoms with Crippen LogP contribution in [0.3, 0.4) is 0 Å². The molecule has 0 saturated heterocycles. The number of nitrogens with one attached hydrogen (secondary N) is 2. The monoisotopic (exact) mass is 387 g/mol. The summed E-state index contributed by atoms with van der Waals surface area (Å²) in [6.45, 7) is 0.673. The van der Waals surface area contributed by atoms with Crippen LogP contribution in [-0.2, 0) is 11.3 Å². The SMILES string of the molecule is COCCCn1c(O)c(C2=NN[C@H](c3ccc(N(C)C)cc3)C2)c(=O)[nH]c1=O. The molecule has 0 unspecified atom stereocenters. The van der Waals surface area contributed by atoms with Crippen molar-refractivity contribution in [3.63, 3.8) is 0 Å². The van der Waals surface area contributed by atoms with E-state index in [-0.39, 0.29) is 24.0 Å². The third-order valence-corrected chi connectivity index (χ3v) is 4.76. The maximum atomic E-state index is 12.3. The molecule has 0 saturated carbocycles. The zero-order valence-electron chi connectivity index (χ0n) is 16.2. The van der Waals surface area contributed by atoms with Crippen LogP contribution in [0.1, 0.15) is 30.0 Å². The molecule has 0 fully saturated rings. The van der Waals surface area contributed by atoms with Crippen molar-refractivity contribution in [3.8, 4) is 5.88 Å². The minimum atomic E-state index is -0.648. The van der Waals surface area contributed by atoms with Crippen LogP contribution < -0.4 is 21.6 Å². The van der Waals surface area contributed by atoms with Crippen molar-refractivity contribution in [3.05, 3.63) is 56.2 Å². The van der Waals surface area contributed by atoms with E-state index in [9.17, 15) is 14.7 Å². The van der Waals surface area contributed by atoms with Gasteiger partial charge in [0.25, 0.3) is 5.56 Å². The number of hydrazone groups is 1. The van der Waals surface area contributed by atoms with Gasteiger partial charge >= 0.3 is 5.69 Å². The van der Waals surface area contributed by atoms with E-state index in [1.807, 2.05) is 43.3 Å². The Kier molecular flexibility index (Phi) is 5.84. The minimum absolute atomic E-state index is 0.0249. The maximum Gasteiger partial charge on any atom is 0.331 e. The van der Waals surface area contributed by atoms with Gasteiger partial charge in [-0.2, -0.15) is 5.10 Å². The summed E-state index contributed by atoms with van der Waals surface area (Å²) in [7, 11) is 5.51. The lowest BCUT2D eigenvalue weighted by atomic mass is 10.00. The molecule has 9 nitrogen and oxygen atoms in total. The second-order valence-corrected chi connectivity index (χ2v) is 6.89. The fraction of sp³-hybridized carbons (Fsp3) is 0.421. The number of hydrogen-bond donors (Lipinski definition) is 3. The second-order valence-electron chi connectivity index (χ2n) is 6.89. The molecular weight excluding hydrogens is 362 g/mol. The summed E-state index contributed by atoms with van der Waals surface area (Å²) in [6.07, 6.45) is 0.954. The molecule has 28 heavy (non-hydrogen) atoms. The van der Waals surface area contributed by atoms with E-state index in [0.717, 1.165) is 15.8 Å². The number of methoxy groups -OCH3 is 1. The molecule has 1 aromatic heterocycles. The van der Waals surface area contributed by atoms with E-state index in [1.54, 1.807) is 7.11 Å². The maximum absolute atomic E-state index is 12.3. The number of aromatic nitrogens is 2. The van der Waals surface area contributed by atoms with Crippen molar-refractivity contribution >= 4 is 11.4 Å². The molecule has 2 aromatic rings. The third kappa shape index (κ3) is 3.94. The van der Waals surface area contributed by atoms with E-state index < -0.39 is 11.2 Å². The topological polar surface area (TPSA) is 112 Å². The van der Waals surface area contributed by atoms with Gasteiger partial charge in [0.05, 0.1) is 11.8 Å². The predicted octanol–water partition coefficient (Wildman–Crippen LogP) is 0.783. The highest BCUT2D eigenvalue weighted by atomic mass is 16.5. The van der Waals surface area contributed by atoms with Gasteiger partial charge in [0.2, 0.25) is 5.88 Å². The van der Waals surface area contributed by atoms with Crippen molar-refractivity contribution in [2.24, 2.45) is 5.10 Å². The Bertz CT molecular complexity index is 975. The van der Waals surface area contributed by atoms with Crippen molar-refractivity contribution < 1.29 is 9.84 Å². The lowest BCUT2D eigenvalue weighted by Crippen LogP contribution is -2.34. The average Bonchev–Trinajstić information content (AvgIpc) is 3.14. The van der Waals surface area contributed by atoms with Gasteiger partial charge in [-0.1, -0.05) is 12.1 Å². The number of hydrogen-bond acceptors (Lipinski definition) is 7. The number of rotatable bonds is 7. The molecule has 0 aliphatic carbocycles. The summed E-state index contributed by atoms with van der Waals surface area (Å²) in [6, 6.07) is 7.91. The number of nitrogens with zero attached hydrogens (tertiary/aromatic N) is 3. The molecule has 3 rings (SSSR count). The van der Waals surface area contributed by atoms with Gasteiger partial charge < -0.3 is 20.2 Å². The molecule has 0 bridgehead atoms. The van der Waals surface area contributed by atoms with Crippen LogP contribution in [0.2, 0.25) is 0 Å². The van der Waals surface area contributed by atoms with Crippen LogP contribution in [-0.4, -0.2) is 48.2 Å². The number of H-pyrrole nitrogens is 1. The number of aromatic hydroxyl groups is 1. The highest BCUT2D eigenvalue weighted by molar-refractivity contribution is 6.03. The van der Waals surface area contributed by atoms with Gasteiger partial charge in [0, 0.05) is 46.5 Å². The van der Waals surface area contributed by atoms with E-state index in [0.29, 0.717) is 25.2 Å². The Morgan fingerprint density at radius 2 is 2.00 bits per heavy atom. The average molecular weight is 387 g/mol. The summed E-state index contributed by atoms with van der Waals surface area (Å²) in [4.78, 5) is 28.6. The van der Waals surface area contributed by atoms with Gasteiger partial charge in [-0.05, 0) is 24.1 Å². The standard InChI is InChI=1S/C19H25N5O4/c1-23(2)13-7-5-12(6-8-13)14-11-15(22-21-14)16-17(25)20-19(27)24(18(16)26)9-4-10-28-3/h5-8,14,21,26H,4,9-11H2,1-3H3,(H,20,25,27)/t14-/m0/s1. The van der Waals surface area contributed by atoms with Crippen LogP contribution in [0.15, 0.2) is 39.0 Å². The van der Waals surface area contributed by atoms with Crippen LogP contribution in [0.25, 0.3) is 0 Å². The van der Waals surface area contributed by atoms with Crippen LogP contribution in [0.4, 0.5) is 5.69 Å². The molecule has 1 aliphatic heterocycles. The summed E-state index contributed by atoms with van der Waals surface area (Å²) in [5.74, 6) is -0.367. The normalized spacial score (nSPS) is 16.0. The zero-order chi connectivity index (χ0) is 20.3. The fourth-order valence-electron chi connectivity index (χ4n) is 3.19. The minimum Gasteiger partial charge on any atom is -0.494 e. The molecule has 150 valence electrons. The van der Waals surface area contributed by atoms with E-state index in [4.69, 9.17) is 4.74 Å². The Morgan fingerprint density at radius 1 is 1.29 bits per heavy atom. The Hall–Kier alpha value is -3.07.